The molecule has 13 heavy (non-hydrogen) atoms. The van der Waals surface area contributed by atoms with Crippen LogP contribution >= 0.6 is 22.9 Å². The van der Waals surface area contributed by atoms with Gasteiger partial charge in [-0.15, -0.1) is 11.3 Å². The molecule has 1 atom stereocenters. The Morgan fingerprint density at radius 1 is 1.62 bits per heavy atom. The minimum absolute atomic E-state index is 0.423. The zero-order chi connectivity index (χ0) is 9.42. The van der Waals surface area contributed by atoms with Gasteiger partial charge in [0.05, 0.1) is 21.0 Å². The van der Waals surface area contributed by atoms with Crippen molar-refractivity contribution in [3.8, 4) is 0 Å². The van der Waals surface area contributed by atoms with E-state index in [1.54, 1.807) is 18.5 Å². The Balaban J connectivity index is 2.75. The molecule has 1 unspecified atom stereocenters. The standard InChI is InChI=1S/C7H5ClN2OS2/c1-13(11)7-10-4-2-3-9-6(8)5(4)12-7/h2-3H,1H3. The average molecular weight is 233 g/mol. The van der Waals surface area contributed by atoms with E-state index in [1.165, 1.54) is 11.3 Å². The van der Waals surface area contributed by atoms with Crippen LogP contribution < -0.4 is 0 Å². The van der Waals surface area contributed by atoms with E-state index in [2.05, 4.69) is 9.97 Å². The maximum atomic E-state index is 11.1. The molecular weight excluding hydrogens is 228 g/mol. The Bertz CT molecular complexity index is 482. The highest BCUT2D eigenvalue weighted by Crippen LogP contribution is 2.28. The largest absolute Gasteiger partial charge is 0.252 e. The van der Waals surface area contributed by atoms with Gasteiger partial charge in [-0.05, 0) is 6.07 Å². The van der Waals surface area contributed by atoms with Gasteiger partial charge in [0.25, 0.3) is 0 Å². The van der Waals surface area contributed by atoms with Crippen LogP contribution in [0, 0.1) is 0 Å². The molecule has 0 aliphatic carbocycles. The van der Waals surface area contributed by atoms with Crippen LogP contribution in [0.5, 0.6) is 0 Å². The second kappa shape index (κ2) is 3.32. The molecular formula is C7H5ClN2OS2. The average Bonchev–Trinajstić information content (AvgIpc) is 2.49. The van der Waals surface area contributed by atoms with E-state index in [4.69, 9.17) is 11.6 Å². The molecule has 0 aliphatic heterocycles. The van der Waals surface area contributed by atoms with Gasteiger partial charge in [0.2, 0.25) is 0 Å². The summed E-state index contributed by atoms with van der Waals surface area (Å²) in [7, 11) is -1.05. The van der Waals surface area contributed by atoms with Crippen molar-refractivity contribution in [3.05, 3.63) is 17.4 Å². The smallest absolute Gasteiger partial charge is 0.181 e. The summed E-state index contributed by atoms with van der Waals surface area (Å²) in [6.07, 6.45) is 3.19. The van der Waals surface area contributed by atoms with Crippen LogP contribution in [0.1, 0.15) is 0 Å². The lowest BCUT2D eigenvalue weighted by molar-refractivity contribution is 0.686. The first-order valence-corrected chi connectivity index (χ1v) is 6.18. The number of fused-ring (bicyclic) bond motifs is 1. The van der Waals surface area contributed by atoms with Gasteiger partial charge >= 0.3 is 0 Å². The molecule has 2 aromatic rings. The zero-order valence-corrected chi connectivity index (χ0v) is 9.04. The predicted molar refractivity (Wildman–Crippen MR) is 54.8 cm³/mol. The van der Waals surface area contributed by atoms with Gasteiger partial charge in [-0.1, -0.05) is 11.6 Å². The molecule has 0 radical (unpaired) electrons. The lowest BCUT2D eigenvalue weighted by Crippen LogP contribution is -1.83. The van der Waals surface area contributed by atoms with Crippen molar-refractivity contribution < 1.29 is 4.21 Å². The number of hydrogen-bond acceptors (Lipinski definition) is 4. The third-order valence-electron chi connectivity index (χ3n) is 1.49. The maximum absolute atomic E-state index is 11.1. The maximum Gasteiger partial charge on any atom is 0.181 e. The Morgan fingerprint density at radius 3 is 3.00 bits per heavy atom. The molecule has 0 fully saturated rings. The van der Waals surface area contributed by atoms with Gasteiger partial charge in [-0.2, -0.15) is 0 Å². The molecule has 3 nitrogen and oxygen atoms in total. The summed E-state index contributed by atoms with van der Waals surface area (Å²) in [5, 5.41) is 0.423. The fourth-order valence-corrected chi connectivity index (χ4v) is 2.82. The molecule has 0 aromatic carbocycles. The van der Waals surface area contributed by atoms with Gasteiger partial charge in [-0.25, -0.2) is 9.97 Å². The van der Waals surface area contributed by atoms with Gasteiger partial charge in [-0.3, -0.25) is 4.21 Å². The highest BCUT2D eigenvalue weighted by molar-refractivity contribution is 7.86. The molecule has 0 bridgehead atoms. The van der Waals surface area contributed by atoms with Crippen LogP contribution in [-0.4, -0.2) is 20.4 Å². The number of pyridine rings is 1. The van der Waals surface area contributed by atoms with Crippen LogP contribution in [-0.2, 0) is 10.8 Å². The normalized spacial score (nSPS) is 13.4. The molecule has 2 rings (SSSR count). The Kier molecular flexibility index (Phi) is 2.31. The van der Waals surface area contributed by atoms with E-state index < -0.39 is 10.8 Å². The highest BCUT2D eigenvalue weighted by atomic mass is 35.5. The van der Waals surface area contributed by atoms with E-state index in [9.17, 15) is 4.21 Å². The minimum atomic E-state index is -1.05. The fraction of sp³-hybridized carbons (Fsp3) is 0.143. The predicted octanol–water partition coefficient (Wildman–Crippen LogP) is 2.08. The third-order valence-corrected chi connectivity index (χ3v) is 4.30. The SMILES string of the molecule is CS(=O)c1nc2ccnc(Cl)c2s1. The van der Waals surface area contributed by atoms with Crippen LogP contribution in [0.3, 0.4) is 0 Å². The van der Waals surface area contributed by atoms with Crippen LogP contribution in [0.2, 0.25) is 5.15 Å². The molecule has 2 aromatic heterocycles. The van der Waals surface area contributed by atoms with Crippen LogP contribution in [0.25, 0.3) is 10.2 Å². The zero-order valence-electron chi connectivity index (χ0n) is 6.65. The second-order valence-electron chi connectivity index (χ2n) is 2.38. The van der Waals surface area contributed by atoms with Crippen LogP contribution in [0.15, 0.2) is 16.6 Å². The summed E-state index contributed by atoms with van der Waals surface area (Å²) in [5.74, 6) is 0. The molecule has 0 saturated heterocycles. The third kappa shape index (κ3) is 1.59. The number of thiazole rings is 1. The summed E-state index contributed by atoms with van der Waals surface area (Å²) in [4.78, 5) is 8.08. The molecule has 0 aliphatic rings. The van der Waals surface area contributed by atoms with Gasteiger partial charge < -0.3 is 0 Å². The van der Waals surface area contributed by atoms with E-state index in [-0.39, 0.29) is 0 Å². The van der Waals surface area contributed by atoms with E-state index in [0.717, 1.165) is 10.2 Å². The van der Waals surface area contributed by atoms with E-state index in [1.807, 2.05) is 0 Å². The highest BCUT2D eigenvalue weighted by Gasteiger charge is 2.09. The molecule has 68 valence electrons. The van der Waals surface area contributed by atoms with Gasteiger partial charge in [0.1, 0.15) is 5.15 Å². The number of rotatable bonds is 1. The van der Waals surface area contributed by atoms with Crippen molar-refractivity contribution >= 4 is 44.0 Å². The first-order chi connectivity index (χ1) is 6.18. The Hall–Kier alpha value is -0.520. The topological polar surface area (TPSA) is 42.9 Å². The summed E-state index contributed by atoms with van der Waals surface area (Å²) >= 11 is 7.16. The van der Waals surface area contributed by atoms with Crippen molar-refractivity contribution in [1.82, 2.24) is 9.97 Å². The van der Waals surface area contributed by atoms with Crippen molar-refractivity contribution in [3.63, 3.8) is 0 Å². The molecule has 0 saturated carbocycles. The first-order valence-electron chi connectivity index (χ1n) is 3.43. The molecule has 0 spiro atoms. The monoisotopic (exact) mass is 232 g/mol. The van der Waals surface area contributed by atoms with Crippen LogP contribution in [0.4, 0.5) is 0 Å². The number of nitrogens with zero attached hydrogens (tertiary/aromatic N) is 2. The number of halogens is 1. The number of aromatic nitrogens is 2. The Morgan fingerprint density at radius 2 is 2.38 bits per heavy atom. The number of hydrogen-bond donors (Lipinski definition) is 0. The van der Waals surface area contributed by atoms with Gasteiger partial charge in [0, 0.05) is 12.5 Å². The second-order valence-corrected chi connectivity index (χ2v) is 5.29. The van der Waals surface area contributed by atoms with Crippen molar-refractivity contribution in [2.75, 3.05) is 6.26 Å². The lowest BCUT2D eigenvalue weighted by atomic mass is 10.4. The molecule has 2 heterocycles. The molecule has 6 heteroatoms. The van der Waals surface area contributed by atoms with Crippen molar-refractivity contribution in [1.29, 1.82) is 0 Å². The quantitative estimate of drug-likeness (QED) is 0.707. The Labute approximate surface area is 86.2 Å². The van der Waals surface area contributed by atoms with Gasteiger partial charge in [0.15, 0.2) is 4.34 Å². The van der Waals surface area contributed by atoms with E-state index in [0.29, 0.717) is 9.49 Å². The van der Waals surface area contributed by atoms with Crippen molar-refractivity contribution in [2.24, 2.45) is 0 Å². The summed E-state index contributed by atoms with van der Waals surface area (Å²) < 4.78 is 12.5. The van der Waals surface area contributed by atoms with Crippen molar-refractivity contribution in [2.45, 2.75) is 4.34 Å². The summed E-state index contributed by atoms with van der Waals surface area (Å²) in [6, 6.07) is 1.76. The fourth-order valence-electron chi connectivity index (χ4n) is 0.927. The first kappa shape index (κ1) is 9.05. The molecule has 0 amide bonds. The summed E-state index contributed by atoms with van der Waals surface area (Å²) in [6.45, 7) is 0. The van der Waals surface area contributed by atoms with E-state index >= 15 is 0 Å². The lowest BCUT2D eigenvalue weighted by Gasteiger charge is -1.86. The summed E-state index contributed by atoms with van der Waals surface area (Å²) in [5.41, 5.74) is 0.759. The molecule has 0 N–H and O–H groups in total. The minimum Gasteiger partial charge on any atom is -0.252 e.